The number of hydrogen-bond acceptors (Lipinski definition) is 2. The van der Waals surface area contributed by atoms with E-state index in [0.29, 0.717) is 12.0 Å². The molecule has 11 heavy (non-hydrogen) atoms. The maximum atomic E-state index is 9.19. The van der Waals surface area contributed by atoms with Crippen molar-refractivity contribution < 1.29 is 5.11 Å². The summed E-state index contributed by atoms with van der Waals surface area (Å²) in [5.41, 5.74) is 0.0498. The van der Waals surface area contributed by atoms with E-state index in [1.807, 2.05) is 0 Å². The number of hydrogen-bond donors (Lipinski definition) is 2. The fourth-order valence-corrected chi connectivity index (χ4v) is 1.85. The second-order valence-corrected chi connectivity index (χ2v) is 4.05. The Morgan fingerprint density at radius 2 is 2.27 bits per heavy atom. The smallest absolute Gasteiger partial charge is 0.0616 e. The van der Waals surface area contributed by atoms with E-state index in [1.54, 1.807) is 0 Å². The second-order valence-electron chi connectivity index (χ2n) is 4.05. The van der Waals surface area contributed by atoms with Crippen LogP contribution < -0.4 is 5.32 Å². The minimum atomic E-state index is 0.0498. The number of nitrogens with one attached hydrogen (secondary N) is 1. The van der Waals surface area contributed by atoms with Gasteiger partial charge >= 0.3 is 0 Å². The van der Waals surface area contributed by atoms with Gasteiger partial charge in [0.1, 0.15) is 0 Å². The van der Waals surface area contributed by atoms with Gasteiger partial charge in [-0.15, -0.1) is 0 Å². The molecule has 2 N–H and O–H groups in total. The zero-order valence-electron chi connectivity index (χ0n) is 7.72. The van der Waals surface area contributed by atoms with Gasteiger partial charge in [0.15, 0.2) is 0 Å². The van der Waals surface area contributed by atoms with Crippen LogP contribution >= 0.6 is 0 Å². The molecule has 1 aliphatic carbocycles. The largest absolute Gasteiger partial charge is 0.394 e. The Hall–Kier alpha value is -0.0800. The van der Waals surface area contributed by atoms with Crippen molar-refractivity contribution >= 4 is 0 Å². The summed E-state index contributed by atoms with van der Waals surface area (Å²) in [5.74, 6) is 0.634. The summed E-state index contributed by atoms with van der Waals surface area (Å²) in [7, 11) is 0. The molecule has 2 atom stereocenters. The van der Waals surface area contributed by atoms with Crippen LogP contribution in [0.3, 0.4) is 0 Å². The first-order chi connectivity index (χ1) is 5.10. The summed E-state index contributed by atoms with van der Waals surface area (Å²) in [6, 6.07) is 0.477. The van der Waals surface area contributed by atoms with Gasteiger partial charge < -0.3 is 10.4 Å². The van der Waals surface area contributed by atoms with Crippen LogP contribution in [-0.4, -0.2) is 23.3 Å². The highest BCUT2D eigenvalue weighted by atomic mass is 16.3. The normalized spacial score (nSPS) is 37.4. The lowest BCUT2D eigenvalue weighted by atomic mass is 9.68. The van der Waals surface area contributed by atoms with Crippen molar-refractivity contribution in [2.75, 3.05) is 6.61 Å². The standard InChI is InChI=1S/C9H19NO/c1-7(2)10-9(6-11)5-4-8(9)3/h7-8,10-11H,4-6H2,1-3H3. The third-order valence-corrected chi connectivity index (χ3v) is 2.83. The van der Waals surface area contributed by atoms with Crippen LogP contribution in [0.2, 0.25) is 0 Å². The molecule has 2 unspecified atom stereocenters. The Morgan fingerprint density at radius 1 is 1.64 bits per heavy atom. The molecule has 0 aromatic carbocycles. The van der Waals surface area contributed by atoms with Crippen molar-refractivity contribution in [1.82, 2.24) is 5.32 Å². The van der Waals surface area contributed by atoms with Crippen molar-refractivity contribution in [2.24, 2.45) is 5.92 Å². The van der Waals surface area contributed by atoms with Crippen LogP contribution in [0.25, 0.3) is 0 Å². The highest BCUT2D eigenvalue weighted by Crippen LogP contribution is 2.37. The van der Waals surface area contributed by atoms with Crippen molar-refractivity contribution in [3.8, 4) is 0 Å². The van der Waals surface area contributed by atoms with E-state index in [-0.39, 0.29) is 12.1 Å². The van der Waals surface area contributed by atoms with Gasteiger partial charge in [-0.2, -0.15) is 0 Å². The van der Waals surface area contributed by atoms with E-state index in [0.717, 1.165) is 6.42 Å². The molecule has 2 heteroatoms. The minimum Gasteiger partial charge on any atom is -0.394 e. The number of aliphatic hydroxyl groups excluding tert-OH is 1. The molecule has 0 aliphatic heterocycles. The van der Waals surface area contributed by atoms with Gasteiger partial charge in [-0.25, -0.2) is 0 Å². The number of aliphatic hydroxyl groups is 1. The van der Waals surface area contributed by atoms with Crippen LogP contribution in [-0.2, 0) is 0 Å². The Bertz CT molecular complexity index is 132. The van der Waals surface area contributed by atoms with Gasteiger partial charge in [0, 0.05) is 11.6 Å². The van der Waals surface area contributed by atoms with Crippen LogP contribution in [0.1, 0.15) is 33.6 Å². The second kappa shape index (κ2) is 3.11. The molecule has 0 heterocycles. The predicted octanol–water partition coefficient (Wildman–Crippen LogP) is 1.15. The van der Waals surface area contributed by atoms with Crippen LogP contribution in [0, 0.1) is 5.92 Å². The van der Waals surface area contributed by atoms with Crippen molar-refractivity contribution in [2.45, 2.75) is 45.2 Å². The molecule has 0 aromatic heterocycles. The molecule has 1 aliphatic rings. The summed E-state index contributed by atoms with van der Waals surface area (Å²) in [5, 5.41) is 12.6. The molecule has 1 rings (SSSR count). The molecule has 0 aromatic rings. The zero-order chi connectivity index (χ0) is 8.48. The maximum Gasteiger partial charge on any atom is 0.0616 e. The lowest BCUT2D eigenvalue weighted by Gasteiger charge is -2.48. The molecule has 1 saturated carbocycles. The molecule has 0 radical (unpaired) electrons. The molecule has 66 valence electrons. The molecule has 2 nitrogen and oxygen atoms in total. The van der Waals surface area contributed by atoms with Crippen molar-refractivity contribution in [3.63, 3.8) is 0 Å². The van der Waals surface area contributed by atoms with Crippen molar-refractivity contribution in [3.05, 3.63) is 0 Å². The SMILES string of the molecule is CC(C)NC1(CO)CCC1C. The Balaban J connectivity index is 2.47. The number of rotatable bonds is 3. The third kappa shape index (κ3) is 1.57. The average molecular weight is 157 g/mol. The van der Waals surface area contributed by atoms with Gasteiger partial charge in [-0.1, -0.05) is 20.8 Å². The Morgan fingerprint density at radius 3 is 2.36 bits per heavy atom. The fraction of sp³-hybridized carbons (Fsp3) is 1.00. The van der Waals surface area contributed by atoms with Gasteiger partial charge in [0.25, 0.3) is 0 Å². The highest BCUT2D eigenvalue weighted by Gasteiger charge is 2.43. The molecule has 0 bridgehead atoms. The first kappa shape index (κ1) is 9.01. The Labute approximate surface area is 69.0 Å². The van der Waals surface area contributed by atoms with E-state index < -0.39 is 0 Å². The van der Waals surface area contributed by atoms with Gasteiger partial charge in [0.2, 0.25) is 0 Å². The quantitative estimate of drug-likeness (QED) is 0.644. The van der Waals surface area contributed by atoms with Gasteiger partial charge in [-0.05, 0) is 18.8 Å². The van der Waals surface area contributed by atoms with E-state index in [2.05, 4.69) is 26.1 Å². The third-order valence-electron chi connectivity index (χ3n) is 2.83. The van der Waals surface area contributed by atoms with Gasteiger partial charge in [-0.3, -0.25) is 0 Å². The molecule has 0 saturated heterocycles. The topological polar surface area (TPSA) is 32.3 Å². The van der Waals surface area contributed by atoms with E-state index in [4.69, 9.17) is 0 Å². The predicted molar refractivity (Wildman–Crippen MR) is 46.5 cm³/mol. The van der Waals surface area contributed by atoms with Crippen LogP contribution in [0.15, 0.2) is 0 Å². The fourth-order valence-electron chi connectivity index (χ4n) is 1.85. The molecule has 1 fully saturated rings. The molecular formula is C9H19NO. The lowest BCUT2D eigenvalue weighted by Crippen LogP contribution is -2.61. The first-order valence-corrected chi connectivity index (χ1v) is 4.49. The van der Waals surface area contributed by atoms with Crippen molar-refractivity contribution in [1.29, 1.82) is 0 Å². The van der Waals surface area contributed by atoms with Crippen LogP contribution in [0.4, 0.5) is 0 Å². The summed E-state index contributed by atoms with van der Waals surface area (Å²) < 4.78 is 0. The molecule has 0 spiro atoms. The average Bonchev–Trinajstić information content (AvgIpc) is 1.96. The lowest BCUT2D eigenvalue weighted by molar-refractivity contribution is 0.0244. The van der Waals surface area contributed by atoms with E-state index >= 15 is 0 Å². The summed E-state index contributed by atoms with van der Waals surface area (Å²) >= 11 is 0. The highest BCUT2D eigenvalue weighted by molar-refractivity contribution is 5.01. The van der Waals surface area contributed by atoms with E-state index in [1.165, 1.54) is 6.42 Å². The summed E-state index contributed by atoms with van der Waals surface area (Å²) in [6.45, 7) is 6.74. The zero-order valence-corrected chi connectivity index (χ0v) is 7.72. The Kier molecular flexibility index (Phi) is 2.55. The first-order valence-electron chi connectivity index (χ1n) is 4.49. The molecular weight excluding hydrogens is 138 g/mol. The van der Waals surface area contributed by atoms with E-state index in [9.17, 15) is 5.11 Å². The maximum absolute atomic E-state index is 9.19. The van der Waals surface area contributed by atoms with Crippen LogP contribution in [0.5, 0.6) is 0 Å². The molecule has 0 amide bonds. The summed E-state index contributed by atoms with van der Waals surface area (Å²) in [6.07, 6.45) is 2.38. The summed E-state index contributed by atoms with van der Waals surface area (Å²) in [4.78, 5) is 0. The van der Waals surface area contributed by atoms with Gasteiger partial charge in [0.05, 0.1) is 6.61 Å². The minimum absolute atomic E-state index is 0.0498. The monoisotopic (exact) mass is 157 g/mol.